The Hall–Kier alpha value is -1.06. The molecular weight excluding hydrogens is 258 g/mol. The average Bonchev–Trinajstić information content (AvgIpc) is 2.53. The van der Waals surface area contributed by atoms with Crippen LogP contribution in [0.3, 0.4) is 0 Å². The average molecular weight is 289 g/mol. The summed E-state index contributed by atoms with van der Waals surface area (Å²) in [5.74, 6) is 0.582. The molecule has 0 aromatic heterocycles. The number of rotatable bonds is 6. The zero-order valence-corrected chi connectivity index (χ0v) is 13.8. The summed E-state index contributed by atoms with van der Waals surface area (Å²) >= 11 is 0. The predicted molar refractivity (Wildman–Crippen MR) is 91.7 cm³/mol. The van der Waals surface area contributed by atoms with Gasteiger partial charge in [-0.05, 0) is 50.9 Å². The van der Waals surface area contributed by atoms with E-state index < -0.39 is 0 Å². The van der Waals surface area contributed by atoms with Crippen molar-refractivity contribution in [3.8, 4) is 0 Å². The molecule has 1 aliphatic rings. The van der Waals surface area contributed by atoms with Crippen LogP contribution in [0.2, 0.25) is 0 Å². The Morgan fingerprint density at radius 2 is 1.81 bits per heavy atom. The molecule has 21 heavy (non-hydrogen) atoms. The van der Waals surface area contributed by atoms with E-state index in [-0.39, 0.29) is 0 Å². The highest BCUT2D eigenvalue weighted by molar-refractivity contribution is 5.46. The SMILES string of the molecule is CC(C)C(N)CCN(C)C1CCN(c2ccccc2)CC1. The minimum atomic E-state index is 0.330. The van der Waals surface area contributed by atoms with Gasteiger partial charge in [-0.15, -0.1) is 0 Å². The van der Waals surface area contributed by atoms with Crippen LogP contribution in [0.15, 0.2) is 30.3 Å². The van der Waals surface area contributed by atoms with Crippen LogP contribution >= 0.6 is 0 Å². The molecule has 0 aliphatic carbocycles. The Bertz CT molecular complexity index is 396. The van der Waals surface area contributed by atoms with Gasteiger partial charge in [-0.3, -0.25) is 0 Å². The minimum Gasteiger partial charge on any atom is -0.371 e. The summed E-state index contributed by atoms with van der Waals surface area (Å²) in [4.78, 5) is 5.02. The first kappa shape index (κ1) is 16.3. The summed E-state index contributed by atoms with van der Waals surface area (Å²) in [7, 11) is 2.26. The summed E-state index contributed by atoms with van der Waals surface area (Å²) < 4.78 is 0. The van der Waals surface area contributed by atoms with Gasteiger partial charge in [0.05, 0.1) is 0 Å². The van der Waals surface area contributed by atoms with Crippen molar-refractivity contribution in [2.75, 3.05) is 31.6 Å². The van der Waals surface area contributed by atoms with Crippen LogP contribution in [0.1, 0.15) is 33.1 Å². The van der Waals surface area contributed by atoms with Crippen molar-refractivity contribution < 1.29 is 0 Å². The van der Waals surface area contributed by atoms with Gasteiger partial charge < -0.3 is 15.5 Å². The molecule has 118 valence electrons. The van der Waals surface area contributed by atoms with Crippen molar-refractivity contribution in [2.45, 2.75) is 45.2 Å². The highest BCUT2D eigenvalue weighted by Gasteiger charge is 2.22. The summed E-state index contributed by atoms with van der Waals surface area (Å²) in [6.45, 7) is 7.87. The van der Waals surface area contributed by atoms with Gasteiger partial charge in [0.1, 0.15) is 0 Å². The normalized spacial score (nSPS) is 18.5. The molecule has 1 atom stereocenters. The minimum absolute atomic E-state index is 0.330. The maximum absolute atomic E-state index is 6.16. The van der Waals surface area contributed by atoms with Gasteiger partial charge >= 0.3 is 0 Å². The number of piperidine rings is 1. The van der Waals surface area contributed by atoms with Gasteiger partial charge in [0.25, 0.3) is 0 Å². The van der Waals surface area contributed by atoms with Gasteiger partial charge in [-0.2, -0.15) is 0 Å². The summed E-state index contributed by atoms with van der Waals surface area (Å²) in [6.07, 6.45) is 3.61. The van der Waals surface area contributed by atoms with E-state index in [1.807, 2.05) is 0 Å². The van der Waals surface area contributed by atoms with Crippen molar-refractivity contribution in [1.29, 1.82) is 0 Å². The van der Waals surface area contributed by atoms with E-state index in [2.05, 4.69) is 61.0 Å². The second-order valence-electron chi connectivity index (χ2n) is 6.73. The molecule has 0 amide bonds. The lowest BCUT2D eigenvalue weighted by Crippen LogP contribution is -2.44. The maximum Gasteiger partial charge on any atom is 0.0366 e. The number of para-hydroxylation sites is 1. The van der Waals surface area contributed by atoms with E-state index in [9.17, 15) is 0 Å². The Kier molecular flexibility index (Phi) is 6.07. The molecule has 0 spiro atoms. The van der Waals surface area contributed by atoms with Crippen molar-refractivity contribution in [3.05, 3.63) is 30.3 Å². The van der Waals surface area contributed by atoms with E-state index in [4.69, 9.17) is 5.73 Å². The molecule has 1 aliphatic heterocycles. The predicted octanol–water partition coefficient (Wildman–Crippen LogP) is 2.96. The van der Waals surface area contributed by atoms with Gasteiger partial charge in [-0.25, -0.2) is 0 Å². The number of nitrogens with two attached hydrogens (primary N) is 1. The first-order chi connectivity index (χ1) is 10.1. The number of nitrogens with zero attached hydrogens (tertiary/aromatic N) is 2. The smallest absolute Gasteiger partial charge is 0.0366 e. The molecule has 3 heteroatoms. The number of hydrogen-bond donors (Lipinski definition) is 1. The van der Waals surface area contributed by atoms with Crippen LogP contribution in [0.5, 0.6) is 0 Å². The lowest BCUT2D eigenvalue weighted by molar-refractivity contribution is 0.197. The van der Waals surface area contributed by atoms with Crippen molar-refractivity contribution in [3.63, 3.8) is 0 Å². The van der Waals surface area contributed by atoms with E-state index in [0.29, 0.717) is 18.0 Å². The van der Waals surface area contributed by atoms with Crippen molar-refractivity contribution in [1.82, 2.24) is 4.90 Å². The Labute approximate surface area is 130 Å². The zero-order chi connectivity index (χ0) is 15.2. The largest absolute Gasteiger partial charge is 0.371 e. The van der Waals surface area contributed by atoms with E-state index in [1.165, 1.54) is 18.5 Å². The molecule has 3 nitrogen and oxygen atoms in total. The van der Waals surface area contributed by atoms with E-state index in [0.717, 1.165) is 26.1 Å². The fraction of sp³-hybridized carbons (Fsp3) is 0.667. The second-order valence-corrected chi connectivity index (χ2v) is 6.73. The van der Waals surface area contributed by atoms with Gasteiger partial charge in [-0.1, -0.05) is 32.0 Å². The summed E-state index contributed by atoms with van der Waals surface area (Å²) in [6, 6.07) is 11.8. The van der Waals surface area contributed by atoms with Crippen LogP contribution < -0.4 is 10.6 Å². The first-order valence-electron chi connectivity index (χ1n) is 8.33. The lowest BCUT2D eigenvalue weighted by Gasteiger charge is -2.38. The van der Waals surface area contributed by atoms with Crippen molar-refractivity contribution in [2.24, 2.45) is 11.7 Å². The lowest BCUT2D eigenvalue weighted by atomic mass is 9.99. The molecule has 1 aromatic carbocycles. The second kappa shape index (κ2) is 7.81. The van der Waals surface area contributed by atoms with Gasteiger partial charge in [0.2, 0.25) is 0 Å². The van der Waals surface area contributed by atoms with E-state index >= 15 is 0 Å². The third-order valence-electron chi connectivity index (χ3n) is 4.88. The van der Waals surface area contributed by atoms with Crippen LogP contribution in [-0.2, 0) is 0 Å². The first-order valence-corrected chi connectivity index (χ1v) is 8.33. The molecule has 0 radical (unpaired) electrons. The Morgan fingerprint density at radius 1 is 1.19 bits per heavy atom. The van der Waals surface area contributed by atoms with Crippen LogP contribution in [0.25, 0.3) is 0 Å². The number of anilines is 1. The molecule has 0 saturated carbocycles. The van der Waals surface area contributed by atoms with Crippen LogP contribution in [0.4, 0.5) is 5.69 Å². The number of hydrogen-bond acceptors (Lipinski definition) is 3. The highest BCUT2D eigenvalue weighted by atomic mass is 15.2. The standard InChI is InChI=1S/C18H31N3/c1-15(2)18(19)11-12-20(3)16-9-13-21(14-10-16)17-7-5-4-6-8-17/h4-8,15-16,18H,9-14,19H2,1-3H3. The molecule has 1 aromatic rings. The molecular formula is C18H31N3. The molecule has 1 unspecified atom stereocenters. The van der Waals surface area contributed by atoms with Crippen molar-refractivity contribution >= 4 is 5.69 Å². The molecule has 1 saturated heterocycles. The zero-order valence-electron chi connectivity index (χ0n) is 13.8. The van der Waals surface area contributed by atoms with Crippen LogP contribution in [0, 0.1) is 5.92 Å². The topological polar surface area (TPSA) is 32.5 Å². The fourth-order valence-electron chi connectivity index (χ4n) is 3.07. The quantitative estimate of drug-likeness (QED) is 0.874. The summed E-state index contributed by atoms with van der Waals surface area (Å²) in [5.41, 5.74) is 7.52. The molecule has 2 N–H and O–H groups in total. The van der Waals surface area contributed by atoms with E-state index in [1.54, 1.807) is 0 Å². The fourth-order valence-corrected chi connectivity index (χ4v) is 3.07. The highest BCUT2D eigenvalue weighted by Crippen LogP contribution is 2.22. The third-order valence-corrected chi connectivity index (χ3v) is 4.88. The monoisotopic (exact) mass is 289 g/mol. The van der Waals surface area contributed by atoms with Gasteiger partial charge in [0.15, 0.2) is 0 Å². The Morgan fingerprint density at radius 3 is 2.38 bits per heavy atom. The van der Waals surface area contributed by atoms with Crippen LogP contribution in [-0.4, -0.2) is 43.7 Å². The summed E-state index contributed by atoms with van der Waals surface area (Å²) in [5, 5.41) is 0. The Balaban J connectivity index is 1.76. The molecule has 2 rings (SSSR count). The molecule has 1 heterocycles. The maximum atomic E-state index is 6.16. The third kappa shape index (κ3) is 4.72. The molecule has 1 fully saturated rings. The molecule has 0 bridgehead atoms. The number of benzene rings is 1. The van der Waals surface area contributed by atoms with Gasteiger partial charge in [0, 0.05) is 30.9 Å².